The molecule has 0 aliphatic heterocycles. The lowest BCUT2D eigenvalue weighted by Crippen LogP contribution is -2.35. The molecule has 10 heteroatoms. The van der Waals surface area contributed by atoms with Crippen LogP contribution in [0, 0.1) is 0 Å². The van der Waals surface area contributed by atoms with Crippen molar-refractivity contribution in [2.24, 2.45) is 0 Å². The molecule has 0 spiro atoms. The number of rotatable bonds is 8. The van der Waals surface area contributed by atoms with Crippen molar-refractivity contribution in [3.63, 3.8) is 0 Å². The van der Waals surface area contributed by atoms with Crippen LogP contribution in [0.15, 0.2) is 59.8 Å². The van der Waals surface area contributed by atoms with Gasteiger partial charge >= 0.3 is 5.97 Å². The first kappa shape index (κ1) is 23.9. The molecule has 2 aromatic heterocycles. The van der Waals surface area contributed by atoms with Crippen molar-refractivity contribution in [3.8, 4) is 11.7 Å². The summed E-state index contributed by atoms with van der Waals surface area (Å²) in [5.41, 5.74) is 1.27. The van der Waals surface area contributed by atoms with Gasteiger partial charge in [0.2, 0.25) is 15.9 Å². The van der Waals surface area contributed by atoms with Gasteiger partial charge in [0.05, 0.1) is 19.7 Å². The van der Waals surface area contributed by atoms with Crippen LogP contribution in [0.2, 0.25) is 0 Å². The summed E-state index contributed by atoms with van der Waals surface area (Å²) >= 11 is 0. The van der Waals surface area contributed by atoms with Crippen molar-refractivity contribution < 1.29 is 23.1 Å². The van der Waals surface area contributed by atoms with Crippen LogP contribution >= 0.6 is 0 Å². The summed E-state index contributed by atoms with van der Waals surface area (Å²) in [6, 6.07) is 12.3. The van der Waals surface area contributed by atoms with Crippen molar-refractivity contribution in [2.75, 3.05) is 14.2 Å². The molecule has 1 aliphatic rings. The number of aromatic nitrogens is 3. The molecule has 0 radical (unpaired) electrons. The molecule has 180 valence electrons. The van der Waals surface area contributed by atoms with E-state index in [4.69, 9.17) is 4.74 Å². The minimum atomic E-state index is -3.66. The molecule has 4 rings (SSSR count). The zero-order valence-electron chi connectivity index (χ0n) is 19.2. The summed E-state index contributed by atoms with van der Waals surface area (Å²) in [5, 5.41) is 15.2. The van der Waals surface area contributed by atoms with Crippen LogP contribution < -0.4 is 0 Å². The van der Waals surface area contributed by atoms with E-state index in [1.54, 1.807) is 7.05 Å². The van der Waals surface area contributed by atoms with Crippen molar-refractivity contribution in [1.82, 2.24) is 19.1 Å². The molecule has 0 saturated heterocycles. The number of carbonyl (C=O) groups excluding carboxylic acids is 1. The molecule has 1 fully saturated rings. The van der Waals surface area contributed by atoms with Crippen LogP contribution in [0.4, 0.5) is 0 Å². The van der Waals surface area contributed by atoms with Crippen LogP contribution in [0.25, 0.3) is 5.82 Å². The van der Waals surface area contributed by atoms with Gasteiger partial charge in [-0.1, -0.05) is 43.2 Å². The molecule has 9 nitrogen and oxygen atoms in total. The Bertz CT molecular complexity index is 1240. The first-order valence-corrected chi connectivity index (χ1v) is 12.6. The smallest absolute Gasteiger partial charge is 0.306 e. The zero-order valence-corrected chi connectivity index (χ0v) is 20.0. The van der Waals surface area contributed by atoms with E-state index in [1.165, 1.54) is 40.6 Å². The molecule has 0 amide bonds. The molecule has 1 aromatic carbocycles. The number of esters is 1. The van der Waals surface area contributed by atoms with E-state index in [1.807, 2.05) is 30.3 Å². The lowest BCUT2D eigenvalue weighted by atomic mass is 9.90. The number of sulfonamides is 1. The second-order valence-corrected chi connectivity index (χ2v) is 10.4. The predicted octanol–water partition coefficient (Wildman–Crippen LogP) is 3.23. The number of methoxy groups -OCH3 is 1. The minimum absolute atomic E-state index is 0.00660. The van der Waals surface area contributed by atoms with Gasteiger partial charge in [0.1, 0.15) is 4.90 Å². The zero-order chi connectivity index (χ0) is 24.3. The van der Waals surface area contributed by atoms with Crippen molar-refractivity contribution >= 4 is 16.0 Å². The molecule has 34 heavy (non-hydrogen) atoms. The molecular formula is C24H28N4O5S. The lowest BCUT2D eigenvalue weighted by Gasteiger charge is -2.23. The Balaban J connectivity index is 1.62. The molecule has 1 aliphatic carbocycles. The molecule has 1 saturated carbocycles. The molecule has 0 bridgehead atoms. The maximum Gasteiger partial charge on any atom is 0.306 e. The molecule has 3 aromatic rings. The third kappa shape index (κ3) is 4.69. The van der Waals surface area contributed by atoms with Gasteiger partial charge in [-0.15, -0.1) is 0 Å². The summed E-state index contributed by atoms with van der Waals surface area (Å²) < 4.78 is 33.5. The van der Waals surface area contributed by atoms with E-state index < -0.39 is 21.9 Å². The number of pyridine rings is 1. The van der Waals surface area contributed by atoms with E-state index in [0.717, 1.165) is 31.2 Å². The predicted molar refractivity (Wildman–Crippen MR) is 125 cm³/mol. The van der Waals surface area contributed by atoms with E-state index in [2.05, 4.69) is 10.1 Å². The average Bonchev–Trinajstić information content (AvgIpc) is 3.53. The van der Waals surface area contributed by atoms with E-state index in [-0.39, 0.29) is 29.1 Å². The van der Waals surface area contributed by atoms with Gasteiger partial charge in [-0.05, 0) is 30.5 Å². The van der Waals surface area contributed by atoms with Gasteiger partial charge in [-0.3, -0.25) is 4.79 Å². The quantitative estimate of drug-likeness (QED) is 0.488. The van der Waals surface area contributed by atoms with Crippen LogP contribution in [0.5, 0.6) is 5.88 Å². The highest BCUT2D eigenvalue weighted by atomic mass is 32.2. The molecule has 1 atom stereocenters. The van der Waals surface area contributed by atoms with Gasteiger partial charge in [-0.25, -0.2) is 13.4 Å². The fraction of sp³-hybridized carbons (Fsp3) is 0.375. The first-order chi connectivity index (χ1) is 16.3. The Morgan fingerprint density at radius 1 is 1.18 bits per heavy atom. The second-order valence-electron chi connectivity index (χ2n) is 8.39. The van der Waals surface area contributed by atoms with Crippen molar-refractivity contribution in [3.05, 3.63) is 66.0 Å². The summed E-state index contributed by atoms with van der Waals surface area (Å²) in [5.74, 6) is -0.804. The topological polar surface area (TPSA) is 115 Å². The van der Waals surface area contributed by atoms with Crippen LogP contribution in [-0.4, -0.2) is 58.8 Å². The van der Waals surface area contributed by atoms with Gasteiger partial charge in [0.25, 0.3) is 0 Å². The minimum Gasteiger partial charge on any atom is -0.493 e. The lowest BCUT2D eigenvalue weighted by molar-refractivity contribution is -0.140. The SMILES string of the molecule is COC(=O)CC(c1ccccc1)c1cnn(-c2ccc(S(=O)(=O)N(C)C3CCCC3)cn2)c1O. The highest BCUT2D eigenvalue weighted by Crippen LogP contribution is 2.35. The van der Waals surface area contributed by atoms with E-state index in [0.29, 0.717) is 5.56 Å². The number of hydrogen-bond donors (Lipinski definition) is 1. The first-order valence-electron chi connectivity index (χ1n) is 11.2. The summed E-state index contributed by atoms with van der Waals surface area (Å²) in [7, 11) is -0.741. The Morgan fingerprint density at radius 3 is 2.50 bits per heavy atom. The summed E-state index contributed by atoms with van der Waals surface area (Å²) in [6.07, 6.45) is 6.57. The van der Waals surface area contributed by atoms with E-state index in [9.17, 15) is 18.3 Å². The second kappa shape index (κ2) is 9.94. The van der Waals surface area contributed by atoms with Crippen molar-refractivity contribution in [1.29, 1.82) is 0 Å². The Hall–Kier alpha value is -3.24. The Labute approximate surface area is 199 Å². The Morgan fingerprint density at radius 2 is 1.88 bits per heavy atom. The standard InChI is InChI=1S/C24H28N4O5S/c1-27(18-10-6-7-11-18)34(31,32)19-12-13-22(25-15-19)28-24(30)21(16-26-28)20(14-23(29)33-2)17-8-4-3-5-9-17/h3-5,8-9,12-13,15-16,18,20,30H,6-7,10-11,14H2,1-2H3. The maximum absolute atomic E-state index is 13.0. The van der Waals surface area contributed by atoms with Crippen LogP contribution in [0.3, 0.4) is 0 Å². The molecular weight excluding hydrogens is 456 g/mol. The summed E-state index contributed by atoms with van der Waals surface area (Å²) in [4.78, 5) is 16.4. The Kier molecular flexibility index (Phi) is 6.99. The third-order valence-electron chi connectivity index (χ3n) is 6.40. The average molecular weight is 485 g/mol. The fourth-order valence-electron chi connectivity index (χ4n) is 4.39. The summed E-state index contributed by atoms with van der Waals surface area (Å²) in [6.45, 7) is 0. The highest BCUT2D eigenvalue weighted by Gasteiger charge is 2.30. The number of aromatic hydroxyl groups is 1. The molecule has 1 N–H and O–H groups in total. The number of benzene rings is 1. The van der Waals surface area contributed by atoms with Gasteiger partial charge in [-0.2, -0.15) is 14.1 Å². The van der Waals surface area contributed by atoms with Gasteiger partial charge in [0, 0.05) is 30.8 Å². The molecule has 2 heterocycles. The van der Waals surface area contributed by atoms with Crippen molar-refractivity contribution in [2.45, 2.75) is 49.0 Å². The third-order valence-corrected chi connectivity index (χ3v) is 8.29. The monoisotopic (exact) mass is 484 g/mol. The van der Waals surface area contributed by atoms with E-state index >= 15 is 0 Å². The number of hydrogen-bond acceptors (Lipinski definition) is 7. The highest BCUT2D eigenvalue weighted by molar-refractivity contribution is 7.89. The fourth-order valence-corrected chi connectivity index (χ4v) is 5.75. The number of carbonyl (C=O) groups is 1. The van der Waals surface area contributed by atoms with Crippen LogP contribution in [0.1, 0.15) is 49.1 Å². The normalized spacial score (nSPS) is 15.5. The largest absolute Gasteiger partial charge is 0.493 e. The van der Waals surface area contributed by atoms with Crippen LogP contribution in [-0.2, 0) is 19.6 Å². The maximum atomic E-state index is 13.0. The van der Waals surface area contributed by atoms with Gasteiger partial charge < -0.3 is 9.84 Å². The van der Waals surface area contributed by atoms with Gasteiger partial charge in [0.15, 0.2) is 5.82 Å². The number of ether oxygens (including phenoxy) is 1. The number of nitrogens with zero attached hydrogens (tertiary/aromatic N) is 4. The molecule has 1 unspecified atom stereocenters.